The first kappa shape index (κ1) is 51.6. The number of carbonyl (C=O) groups is 1. The summed E-state index contributed by atoms with van der Waals surface area (Å²) in [4.78, 5) is 13.0. The van der Waals surface area contributed by atoms with Gasteiger partial charge in [0.2, 0.25) is 5.91 Å². The lowest BCUT2D eigenvalue weighted by Gasteiger charge is -2.26. The molecule has 0 saturated carbocycles. The number of benzene rings is 2. The summed E-state index contributed by atoms with van der Waals surface area (Å²) in [6.07, 6.45) is 6.69. The molecule has 1 saturated heterocycles. The van der Waals surface area contributed by atoms with Crippen molar-refractivity contribution in [1.82, 2.24) is 10.2 Å². The Balaban J connectivity index is 0.000000936. The quantitative estimate of drug-likeness (QED) is 0.0651. The van der Waals surface area contributed by atoms with Gasteiger partial charge >= 0.3 is 0 Å². The van der Waals surface area contributed by atoms with E-state index in [-0.39, 0.29) is 49.2 Å². The van der Waals surface area contributed by atoms with Gasteiger partial charge in [0, 0.05) is 42.1 Å². The standard InChI is InChI=1S/C25H32O5.C7H13NO.C6H13N.C5H12O3S/c1-5-14-28-17-22(27)18-30-24-12-8-21(9-13-24)25(3,4)20-6-10-23(11-7-20)29-16-19(2)15-26;1-5-6(9)8-7(2,3)4;1-6(2,3)7-4-5-7;1-5(2,3)8-9(4,6)7/h1,6-13,19,22,26-27H,14-18H2,2-4H3;5H,1H2,2-4H3,(H,8,9);4-5H2,1-3H3;1-4H3. The van der Waals surface area contributed by atoms with Crippen molar-refractivity contribution in [1.29, 1.82) is 0 Å². The van der Waals surface area contributed by atoms with Crippen molar-refractivity contribution in [2.24, 2.45) is 5.92 Å². The molecule has 0 spiro atoms. The zero-order valence-corrected chi connectivity index (χ0v) is 36.5. The topological polar surface area (TPSA) is 144 Å². The number of amides is 1. The van der Waals surface area contributed by atoms with Crippen LogP contribution in [-0.4, -0.2) is 105 Å². The zero-order chi connectivity index (χ0) is 42.7. The average molecular weight is 791 g/mol. The molecule has 12 heteroatoms. The molecule has 0 aliphatic carbocycles. The third kappa shape index (κ3) is 26.1. The summed E-state index contributed by atoms with van der Waals surface area (Å²) < 4.78 is 41.9. The molecule has 1 amide bonds. The SMILES string of the molecule is C#CCOCC(O)COc1ccc(C(C)(C)c2ccc(OCC(C)CO)cc2)cc1.C=CC(=O)NC(C)(C)C.CC(C)(C)N1CC1.CC(C)(C)OS(C)(=O)=O. The monoisotopic (exact) mass is 790 g/mol. The van der Waals surface area contributed by atoms with E-state index in [4.69, 9.17) is 25.7 Å². The van der Waals surface area contributed by atoms with Crippen LogP contribution in [-0.2, 0) is 29.2 Å². The molecular formula is C43H70N2O9S. The highest BCUT2D eigenvalue weighted by Gasteiger charge is 2.29. The van der Waals surface area contributed by atoms with Gasteiger partial charge in [-0.15, -0.1) is 6.42 Å². The summed E-state index contributed by atoms with van der Waals surface area (Å²) in [6.45, 7) is 30.9. The number of aliphatic hydroxyl groups is 2. The molecule has 0 bridgehead atoms. The van der Waals surface area contributed by atoms with Gasteiger partial charge in [-0.1, -0.05) is 57.5 Å². The summed E-state index contributed by atoms with van der Waals surface area (Å²) in [6, 6.07) is 15.9. The molecule has 2 unspecified atom stereocenters. The number of carbonyl (C=O) groups excluding carboxylic acids is 1. The molecule has 11 nitrogen and oxygen atoms in total. The summed E-state index contributed by atoms with van der Waals surface area (Å²) in [5, 5.41) is 21.6. The Morgan fingerprint density at radius 2 is 1.35 bits per heavy atom. The third-order valence-electron chi connectivity index (χ3n) is 7.42. The van der Waals surface area contributed by atoms with Crippen molar-refractivity contribution in [3.05, 3.63) is 72.3 Å². The lowest BCUT2D eigenvalue weighted by molar-refractivity contribution is -0.117. The van der Waals surface area contributed by atoms with Crippen LogP contribution in [0.1, 0.15) is 94.2 Å². The number of ether oxygens (including phenoxy) is 3. The number of hydrogen-bond acceptors (Lipinski definition) is 10. The second-order valence-electron chi connectivity index (χ2n) is 17.0. The Bertz CT molecular complexity index is 1540. The van der Waals surface area contributed by atoms with Gasteiger partial charge in [0.15, 0.2) is 0 Å². The summed E-state index contributed by atoms with van der Waals surface area (Å²) in [7, 11) is -3.28. The maximum atomic E-state index is 10.6. The lowest BCUT2D eigenvalue weighted by Crippen LogP contribution is -2.39. The number of nitrogens with zero attached hydrogens (tertiary/aromatic N) is 1. The van der Waals surface area contributed by atoms with Gasteiger partial charge in [0.25, 0.3) is 10.1 Å². The molecule has 312 valence electrons. The normalized spacial score (nSPS) is 14.1. The van der Waals surface area contributed by atoms with Crippen molar-refractivity contribution in [2.75, 3.05) is 52.4 Å². The molecular weight excluding hydrogens is 721 g/mol. The number of rotatable bonds is 14. The van der Waals surface area contributed by atoms with E-state index in [1.54, 1.807) is 20.8 Å². The molecule has 0 radical (unpaired) electrons. The molecule has 1 aliphatic rings. The first-order chi connectivity index (χ1) is 25.1. The average Bonchev–Trinajstić information content (AvgIpc) is 3.92. The predicted octanol–water partition coefficient (Wildman–Crippen LogP) is 6.36. The highest BCUT2D eigenvalue weighted by Crippen LogP contribution is 2.33. The number of nitrogens with one attached hydrogen (secondary N) is 1. The number of hydrogen-bond donors (Lipinski definition) is 3. The second kappa shape index (κ2) is 23.6. The highest BCUT2D eigenvalue weighted by molar-refractivity contribution is 7.86. The summed E-state index contributed by atoms with van der Waals surface area (Å²) in [5.74, 6) is 3.83. The predicted molar refractivity (Wildman–Crippen MR) is 223 cm³/mol. The fourth-order valence-electron chi connectivity index (χ4n) is 4.48. The van der Waals surface area contributed by atoms with E-state index in [1.165, 1.54) is 24.7 Å². The van der Waals surface area contributed by atoms with Crippen molar-refractivity contribution in [2.45, 2.75) is 111 Å². The van der Waals surface area contributed by atoms with E-state index in [0.29, 0.717) is 17.9 Å². The molecule has 2 aromatic carbocycles. The van der Waals surface area contributed by atoms with Crippen LogP contribution in [0.15, 0.2) is 61.2 Å². The van der Waals surface area contributed by atoms with Crippen LogP contribution < -0.4 is 14.8 Å². The van der Waals surface area contributed by atoms with E-state index in [0.717, 1.165) is 17.6 Å². The summed E-state index contributed by atoms with van der Waals surface area (Å²) in [5.41, 5.74) is 1.81. The largest absolute Gasteiger partial charge is 0.493 e. The Labute approximate surface area is 332 Å². The molecule has 1 heterocycles. The Hall–Kier alpha value is -3.44. The van der Waals surface area contributed by atoms with Gasteiger partial charge in [-0.25, -0.2) is 0 Å². The van der Waals surface area contributed by atoms with Gasteiger partial charge in [-0.05, 0) is 104 Å². The minimum Gasteiger partial charge on any atom is -0.493 e. The molecule has 1 aliphatic heterocycles. The fourth-order valence-corrected chi connectivity index (χ4v) is 5.39. The van der Waals surface area contributed by atoms with Gasteiger partial charge in [-0.2, -0.15) is 8.42 Å². The van der Waals surface area contributed by atoms with Crippen LogP contribution in [0.3, 0.4) is 0 Å². The molecule has 1 fully saturated rings. The van der Waals surface area contributed by atoms with Crippen molar-refractivity contribution < 1.29 is 41.8 Å². The lowest BCUT2D eigenvalue weighted by atomic mass is 9.78. The minimum atomic E-state index is -3.28. The highest BCUT2D eigenvalue weighted by atomic mass is 32.2. The van der Waals surface area contributed by atoms with Crippen LogP contribution >= 0.6 is 0 Å². The van der Waals surface area contributed by atoms with Gasteiger partial charge < -0.3 is 29.7 Å². The van der Waals surface area contributed by atoms with Gasteiger partial charge in [0.1, 0.15) is 30.8 Å². The molecule has 0 aromatic heterocycles. The van der Waals surface area contributed by atoms with Crippen molar-refractivity contribution >= 4 is 16.0 Å². The second-order valence-corrected chi connectivity index (χ2v) is 18.5. The van der Waals surface area contributed by atoms with Gasteiger partial charge in [-0.3, -0.25) is 13.9 Å². The van der Waals surface area contributed by atoms with E-state index < -0.39 is 21.8 Å². The Morgan fingerprint density at radius 3 is 1.62 bits per heavy atom. The van der Waals surface area contributed by atoms with Crippen LogP contribution in [0.5, 0.6) is 11.5 Å². The molecule has 2 atom stereocenters. The summed E-state index contributed by atoms with van der Waals surface area (Å²) >= 11 is 0. The number of aliphatic hydroxyl groups excluding tert-OH is 2. The first-order valence-electron chi connectivity index (χ1n) is 18.5. The Kier molecular flexibility index (Phi) is 22.1. The van der Waals surface area contributed by atoms with E-state index in [1.807, 2.05) is 64.1 Å². The van der Waals surface area contributed by atoms with Crippen LogP contribution in [0.2, 0.25) is 0 Å². The maximum absolute atomic E-state index is 10.6. The fraction of sp³-hybridized carbons (Fsp3) is 0.605. The third-order valence-corrected chi connectivity index (χ3v) is 8.22. The van der Waals surface area contributed by atoms with E-state index in [2.05, 4.69) is 73.7 Å². The van der Waals surface area contributed by atoms with Crippen molar-refractivity contribution in [3.63, 3.8) is 0 Å². The molecule has 3 N–H and O–H groups in total. The van der Waals surface area contributed by atoms with Gasteiger partial charge in [0.05, 0.1) is 25.1 Å². The minimum absolute atomic E-state index is 0.110. The first-order valence-corrected chi connectivity index (χ1v) is 20.3. The van der Waals surface area contributed by atoms with Crippen molar-refractivity contribution in [3.8, 4) is 23.8 Å². The van der Waals surface area contributed by atoms with Crippen LogP contribution in [0.4, 0.5) is 0 Å². The smallest absolute Gasteiger partial charge is 0.264 e. The zero-order valence-electron chi connectivity index (χ0n) is 35.7. The van der Waals surface area contributed by atoms with E-state index >= 15 is 0 Å². The van der Waals surface area contributed by atoms with Crippen LogP contribution in [0, 0.1) is 18.3 Å². The van der Waals surface area contributed by atoms with E-state index in [9.17, 15) is 18.3 Å². The van der Waals surface area contributed by atoms with Crippen LogP contribution in [0.25, 0.3) is 0 Å². The number of terminal acetylenes is 1. The Morgan fingerprint density at radius 1 is 0.891 bits per heavy atom. The molecule has 3 rings (SSSR count). The maximum Gasteiger partial charge on any atom is 0.264 e. The molecule has 55 heavy (non-hydrogen) atoms. The molecule has 2 aromatic rings.